The predicted molar refractivity (Wildman–Crippen MR) is 62.8 cm³/mol. The molecule has 3 N–H and O–H groups in total. The third kappa shape index (κ3) is 3.87. The van der Waals surface area contributed by atoms with E-state index >= 15 is 0 Å². The topological polar surface area (TPSA) is 55.1 Å². The van der Waals surface area contributed by atoms with Crippen molar-refractivity contribution in [3.63, 3.8) is 0 Å². The highest BCUT2D eigenvalue weighted by atomic mass is 32.2. The van der Waals surface area contributed by atoms with Gasteiger partial charge in [-0.15, -0.1) is 0 Å². The Kier molecular flexibility index (Phi) is 4.08. The number of hydrogen-bond acceptors (Lipinski definition) is 3. The quantitative estimate of drug-likeness (QED) is 0.772. The first-order valence-electron chi connectivity index (χ1n) is 4.61. The summed E-state index contributed by atoms with van der Waals surface area (Å²) in [4.78, 5) is 0. The monoisotopic (exact) mass is 230 g/mol. The fraction of sp³-hybridized carbons (Fsp3) is 0.400. The molecule has 1 rings (SSSR count). The van der Waals surface area contributed by atoms with Crippen LogP contribution in [-0.4, -0.2) is 22.3 Å². The van der Waals surface area contributed by atoms with Crippen molar-refractivity contribution in [1.82, 2.24) is 0 Å². The lowest BCUT2D eigenvalue weighted by molar-refractivity contribution is 0.629. The first-order valence-corrected chi connectivity index (χ1v) is 6.23. The number of nitrogen functional groups attached to an aromatic ring is 1. The molecule has 0 aliphatic rings. The molecular formula is C10H15FN2OS. The van der Waals surface area contributed by atoms with E-state index in [9.17, 15) is 8.60 Å². The predicted octanol–water partition coefficient (Wildman–Crippen LogP) is 1.59. The van der Waals surface area contributed by atoms with Gasteiger partial charge in [-0.3, -0.25) is 4.21 Å². The van der Waals surface area contributed by atoms with E-state index in [-0.39, 0.29) is 11.1 Å². The van der Waals surface area contributed by atoms with Crippen LogP contribution in [0.3, 0.4) is 0 Å². The summed E-state index contributed by atoms with van der Waals surface area (Å²) in [5, 5.41) is 3.02. The van der Waals surface area contributed by atoms with Gasteiger partial charge in [0.1, 0.15) is 5.82 Å². The molecule has 1 aromatic carbocycles. The van der Waals surface area contributed by atoms with Gasteiger partial charge < -0.3 is 11.1 Å². The first kappa shape index (κ1) is 12.0. The number of benzene rings is 1. The zero-order valence-electron chi connectivity index (χ0n) is 8.79. The molecule has 0 fully saturated rings. The molecule has 3 nitrogen and oxygen atoms in total. The van der Waals surface area contributed by atoms with E-state index in [1.165, 1.54) is 12.1 Å². The average molecular weight is 230 g/mol. The number of halogens is 1. The van der Waals surface area contributed by atoms with Gasteiger partial charge in [-0.25, -0.2) is 4.39 Å². The molecule has 0 amide bonds. The maximum absolute atomic E-state index is 12.9. The molecule has 0 aliphatic heterocycles. The number of rotatable bonds is 4. The van der Waals surface area contributed by atoms with Crippen molar-refractivity contribution in [2.24, 2.45) is 0 Å². The average Bonchev–Trinajstić information content (AvgIpc) is 2.12. The highest BCUT2D eigenvalue weighted by Gasteiger charge is 2.06. The van der Waals surface area contributed by atoms with Crippen molar-refractivity contribution in [1.29, 1.82) is 0 Å². The van der Waals surface area contributed by atoms with Crippen LogP contribution in [0.15, 0.2) is 18.2 Å². The number of nitrogens with two attached hydrogens (primary N) is 1. The van der Waals surface area contributed by atoms with Gasteiger partial charge in [0.2, 0.25) is 0 Å². The molecule has 0 aliphatic carbocycles. The van der Waals surface area contributed by atoms with Gasteiger partial charge in [-0.2, -0.15) is 0 Å². The Hall–Kier alpha value is -1.10. The molecule has 0 saturated carbocycles. The molecule has 2 unspecified atom stereocenters. The van der Waals surface area contributed by atoms with Gasteiger partial charge in [0.25, 0.3) is 0 Å². The molecular weight excluding hydrogens is 215 g/mol. The van der Waals surface area contributed by atoms with E-state index in [1.807, 2.05) is 6.92 Å². The van der Waals surface area contributed by atoms with E-state index < -0.39 is 10.8 Å². The second-order valence-electron chi connectivity index (χ2n) is 3.46. The van der Waals surface area contributed by atoms with Crippen molar-refractivity contribution in [2.45, 2.75) is 12.2 Å². The van der Waals surface area contributed by atoms with Crippen LogP contribution in [0.1, 0.15) is 6.92 Å². The smallest absolute Gasteiger partial charge is 0.127 e. The lowest BCUT2D eigenvalue weighted by Crippen LogP contribution is -2.20. The zero-order valence-corrected chi connectivity index (χ0v) is 9.60. The minimum Gasteiger partial charge on any atom is -0.399 e. The molecule has 5 heteroatoms. The van der Waals surface area contributed by atoms with Gasteiger partial charge in [-0.1, -0.05) is 0 Å². The summed E-state index contributed by atoms with van der Waals surface area (Å²) in [5.41, 5.74) is 6.48. The minimum atomic E-state index is -0.882. The van der Waals surface area contributed by atoms with Crippen LogP contribution in [0.4, 0.5) is 15.8 Å². The van der Waals surface area contributed by atoms with E-state index in [0.29, 0.717) is 17.9 Å². The SMILES string of the molecule is CC(CNc1cc(N)cc(F)c1)S(C)=O. The van der Waals surface area contributed by atoms with Gasteiger partial charge in [0.15, 0.2) is 0 Å². The molecule has 0 aromatic heterocycles. The van der Waals surface area contributed by atoms with Gasteiger partial charge in [0.05, 0.1) is 0 Å². The number of nitrogens with one attached hydrogen (secondary N) is 1. The van der Waals surface area contributed by atoms with Gasteiger partial charge in [-0.05, 0) is 25.1 Å². The second-order valence-corrected chi connectivity index (χ2v) is 5.27. The fourth-order valence-corrected chi connectivity index (χ4v) is 1.41. The molecule has 2 atom stereocenters. The first-order chi connectivity index (χ1) is 6.99. The summed E-state index contributed by atoms with van der Waals surface area (Å²) in [6.45, 7) is 2.40. The Bertz CT molecular complexity index is 350. The molecule has 1 aromatic rings. The normalized spacial score (nSPS) is 14.6. The highest BCUT2D eigenvalue weighted by Crippen LogP contribution is 2.15. The Labute approximate surface area is 91.3 Å². The Morgan fingerprint density at radius 3 is 2.73 bits per heavy atom. The van der Waals surface area contributed by atoms with Crippen molar-refractivity contribution < 1.29 is 8.60 Å². The molecule has 15 heavy (non-hydrogen) atoms. The summed E-state index contributed by atoms with van der Waals surface area (Å²) < 4.78 is 24.0. The van der Waals surface area contributed by atoms with Crippen molar-refractivity contribution in [2.75, 3.05) is 23.9 Å². The Morgan fingerprint density at radius 1 is 1.53 bits per heavy atom. The van der Waals surface area contributed by atoms with Crippen molar-refractivity contribution >= 4 is 22.2 Å². The molecule has 0 heterocycles. The maximum Gasteiger partial charge on any atom is 0.127 e. The Morgan fingerprint density at radius 2 is 2.20 bits per heavy atom. The van der Waals surface area contributed by atoms with Crippen LogP contribution in [-0.2, 0) is 10.8 Å². The third-order valence-corrected chi connectivity index (χ3v) is 3.38. The summed E-state index contributed by atoms with van der Waals surface area (Å²) in [7, 11) is -0.882. The largest absolute Gasteiger partial charge is 0.399 e. The summed E-state index contributed by atoms with van der Waals surface area (Å²) in [6, 6.07) is 4.27. The maximum atomic E-state index is 12.9. The van der Waals surface area contributed by atoms with Crippen LogP contribution in [0.5, 0.6) is 0 Å². The molecule has 0 radical (unpaired) electrons. The van der Waals surface area contributed by atoms with Crippen LogP contribution in [0.25, 0.3) is 0 Å². The Balaban J connectivity index is 2.61. The van der Waals surface area contributed by atoms with Crippen molar-refractivity contribution in [3.8, 4) is 0 Å². The number of anilines is 2. The lowest BCUT2D eigenvalue weighted by atomic mass is 10.2. The van der Waals surface area contributed by atoms with E-state index in [4.69, 9.17) is 5.73 Å². The van der Waals surface area contributed by atoms with E-state index in [2.05, 4.69) is 5.32 Å². The molecule has 84 valence electrons. The summed E-state index contributed by atoms with van der Waals surface area (Å²) >= 11 is 0. The summed E-state index contributed by atoms with van der Waals surface area (Å²) in [5.74, 6) is -0.372. The van der Waals surface area contributed by atoms with Crippen LogP contribution < -0.4 is 11.1 Å². The van der Waals surface area contributed by atoms with Crippen LogP contribution in [0, 0.1) is 5.82 Å². The fourth-order valence-electron chi connectivity index (χ4n) is 1.09. The second kappa shape index (κ2) is 5.11. The molecule has 0 spiro atoms. The molecule has 0 bridgehead atoms. The minimum absolute atomic E-state index is 0.0227. The molecule has 0 saturated heterocycles. The van der Waals surface area contributed by atoms with Crippen LogP contribution >= 0.6 is 0 Å². The number of hydrogen-bond donors (Lipinski definition) is 2. The third-order valence-electron chi connectivity index (χ3n) is 2.08. The van der Waals surface area contributed by atoms with E-state index in [1.54, 1.807) is 12.3 Å². The van der Waals surface area contributed by atoms with Gasteiger partial charge in [0, 0.05) is 40.2 Å². The van der Waals surface area contributed by atoms with Crippen molar-refractivity contribution in [3.05, 3.63) is 24.0 Å². The van der Waals surface area contributed by atoms with E-state index in [0.717, 1.165) is 0 Å². The standard InChI is InChI=1S/C10H15FN2OS/c1-7(15(2)14)6-13-10-4-8(11)3-9(12)5-10/h3-5,7,13H,6,12H2,1-2H3. The highest BCUT2D eigenvalue weighted by molar-refractivity contribution is 7.84. The van der Waals surface area contributed by atoms with Crippen LogP contribution in [0.2, 0.25) is 0 Å². The lowest BCUT2D eigenvalue weighted by Gasteiger charge is -2.11. The van der Waals surface area contributed by atoms with Gasteiger partial charge >= 0.3 is 0 Å². The summed E-state index contributed by atoms with van der Waals surface area (Å²) in [6.07, 6.45) is 1.65. The zero-order chi connectivity index (χ0) is 11.4.